The number of hydrogen-bond donors (Lipinski definition) is 0. The second-order valence-corrected chi connectivity index (χ2v) is 6.54. The highest BCUT2D eigenvalue weighted by atomic mass is 32.2. The molecular formula is C14H11NO3S. The van der Waals surface area contributed by atoms with Gasteiger partial charge in [0, 0.05) is 17.3 Å². The lowest BCUT2D eigenvalue weighted by Crippen LogP contribution is -2.07. The molecule has 5 heteroatoms. The van der Waals surface area contributed by atoms with E-state index in [2.05, 4.69) is 4.98 Å². The van der Waals surface area contributed by atoms with E-state index >= 15 is 0 Å². The molecule has 0 N–H and O–H groups in total. The van der Waals surface area contributed by atoms with Crippen LogP contribution in [0.4, 0.5) is 0 Å². The van der Waals surface area contributed by atoms with Crippen molar-refractivity contribution in [2.24, 2.45) is 0 Å². The number of ketones is 1. The van der Waals surface area contributed by atoms with Crippen molar-refractivity contribution in [3.05, 3.63) is 58.9 Å². The van der Waals surface area contributed by atoms with Crippen LogP contribution in [0.2, 0.25) is 0 Å². The zero-order valence-electron chi connectivity index (χ0n) is 10.3. The minimum Gasteiger partial charge on any atom is -0.288 e. The van der Waals surface area contributed by atoms with Gasteiger partial charge in [-0.05, 0) is 36.8 Å². The molecule has 19 heavy (non-hydrogen) atoms. The van der Waals surface area contributed by atoms with Crippen molar-refractivity contribution in [3.63, 3.8) is 0 Å². The second-order valence-electron chi connectivity index (χ2n) is 4.59. The van der Waals surface area contributed by atoms with E-state index in [1.807, 2.05) is 0 Å². The fourth-order valence-corrected chi connectivity index (χ4v) is 3.84. The molecule has 0 aliphatic carbocycles. The molecule has 0 atom stereocenters. The smallest absolute Gasteiger partial charge is 0.196 e. The van der Waals surface area contributed by atoms with Gasteiger partial charge in [-0.1, -0.05) is 6.07 Å². The molecule has 3 rings (SSSR count). The average Bonchev–Trinajstić information content (AvgIpc) is 2.45. The number of rotatable bonds is 0. The molecule has 0 bridgehead atoms. The fourth-order valence-electron chi connectivity index (χ4n) is 2.24. The van der Waals surface area contributed by atoms with Gasteiger partial charge in [-0.3, -0.25) is 9.78 Å². The maximum atomic E-state index is 12.4. The van der Waals surface area contributed by atoms with Gasteiger partial charge in [-0.25, -0.2) is 8.42 Å². The number of sulfone groups is 1. The van der Waals surface area contributed by atoms with E-state index in [0.717, 1.165) is 5.56 Å². The molecule has 4 nitrogen and oxygen atoms in total. The first kappa shape index (κ1) is 12.0. The van der Waals surface area contributed by atoms with Crippen LogP contribution in [-0.2, 0) is 15.6 Å². The molecular weight excluding hydrogens is 262 g/mol. The maximum absolute atomic E-state index is 12.4. The van der Waals surface area contributed by atoms with Crippen molar-refractivity contribution in [1.82, 2.24) is 4.98 Å². The van der Waals surface area contributed by atoms with Gasteiger partial charge in [0.15, 0.2) is 15.6 Å². The van der Waals surface area contributed by atoms with Crippen molar-refractivity contribution in [2.75, 3.05) is 0 Å². The summed E-state index contributed by atoms with van der Waals surface area (Å²) in [5.74, 6) is -0.509. The Hall–Kier alpha value is -2.01. The van der Waals surface area contributed by atoms with Crippen molar-refractivity contribution in [2.45, 2.75) is 17.6 Å². The predicted octanol–water partition coefficient (Wildman–Crippen LogP) is 1.91. The number of benzene rings is 1. The third-order valence-electron chi connectivity index (χ3n) is 3.18. The third-order valence-corrected chi connectivity index (χ3v) is 4.84. The molecule has 0 amide bonds. The molecule has 0 spiro atoms. The Labute approximate surface area is 111 Å². The molecule has 1 aliphatic heterocycles. The standard InChI is InChI=1S/C14H11NO3S/c1-9-4-5-11-13(7-9)19(17,18)8-12-10(14(11)16)3-2-6-15-12/h2-7H,8H2,1H3. The maximum Gasteiger partial charge on any atom is 0.196 e. The van der Waals surface area contributed by atoms with Gasteiger partial charge in [0.25, 0.3) is 0 Å². The Bertz CT molecular complexity index is 794. The van der Waals surface area contributed by atoms with Crippen LogP contribution < -0.4 is 0 Å². The van der Waals surface area contributed by atoms with Gasteiger partial charge >= 0.3 is 0 Å². The average molecular weight is 273 g/mol. The summed E-state index contributed by atoms with van der Waals surface area (Å²) < 4.78 is 24.7. The van der Waals surface area contributed by atoms with E-state index in [-0.39, 0.29) is 22.0 Å². The number of pyridine rings is 1. The largest absolute Gasteiger partial charge is 0.288 e. The lowest BCUT2D eigenvalue weighted by molar-refractivity contribution is 0.103. The van der Waals surface area contributed by atoms with Crippen LogP contribution in [0.5, 0.6) is 0 Å². The van der Waals surface area contributed by atoms with Gasteiger partial charge < -0.3 is 0 Å². The highest BCUT2D eigenvalue weighted by Crippen LogP contribution is 2.29. The highest BCUT2D eigenvalue weighted by molar-refractivity contribution is 7.90. The quantitative estimate of drug-likeness (QED) is 0.735. The molecule has 0 unspecified atom stereocenters. The second kappa shape index (κ2) is 3.99. The Morgan fingerprint density at radius 1 is 1.16 bits per heavy atom. The first-order valence-electron chi connectivity index (χ1n) is 5.81. The summed E-state index contributed by atoms with van der Waals surface area (Å²) in [4.78, 5) is 16.6. The molecule has 2 heterocycles. The highest BCUT2D eigenvalue weighted by Gasteiger charge is 2.30. The summed E-state index contributed by atoms with van der Waals surface area (Å²) in [7, 11) is -3.53. The topological polar surface area (TPSA) is 64.1 Å². The molecule has 0 saturated heterocycles. The summed E-state index contributed by atoms with van der Waals surface area (Å²) in [5, 5.41) is 0. The summed E-state index contributed by atoms with van der Waals surface area (Å²) in [5.41, 5.74) is 1.74. The first-order valence-corrected chi connectivity index (χ1v) is 7.46. The SMILES string of the molecule is Cc1ccc2c(c1)S(=O)(=O)Cc1ncccc1C2=O. The summed E-state index contributed by atoms with van der Waals surface area (Å²) in [6.45, 7) is 1.80. The van der Waals surface area contributed by atoms with E-state index in [0.29, 0.717) is 11.3 Å². The van der Waals surface area contributed by atoms with Crippen molar-refractivity contribution in [3.8, 4) is 0 Å². The summed E-state index contributed by atoms with van der Waals surface area (Å²) in [6.07, 6.45) is 1.50. The molecule has 1 aromatic carbocycles. The monoisotopic (exact) mass is 273 g/mol. The molecule has 0 radical (unpaired) electrons. The van der Waals surface area contributed by atoms with Crippen LogP contribution >= 0.6 is 0 Å². The molecule has 1 aliphatic rings. The first-order chi connectivity index (χ1) is 8.99. The molecule has 96 valence electrons. The minimum atomic E-state index is -3.53. The lowest BCUT2D eigenvalue weighted by Gasteiger charge is -2.05. The van der Waals surface area contributed by atoms with E-state index < -0.39 is 9.84 Å². The summed E-state index contributed by atoms with van der Waals surface area (Å²) in [6, 6.07) is 8.13. The van der Waals surface area contributed by atoms with Gasteiger partial charge in [0.1, 0.15) is 0 Å². The van der Waals surface area contributed by atoms with Gasteiger partial charge in [0.2, 0.25) is 0 Å². The van der Waals surface area contributed by atoms with Crippen LogP contribution in [0.1, 0.15) is 27.2 Å². The molecule has 1 aromatic heterocycles. The molecule has 2 aromatic rings. The zero-order valence-corrected chi connectivity index (χ0v) is 11.1. The van der Waals surface area contributed by atoms with Gasteiger partial charge in [-0.15, -0.1) is 0 Å². The van der Waals surface area contributed by atoms with Crippen molar-refractivity contribution >= 4 is 15.6 Å². The van der Waals surface area contributed by atoms with Crippen LogP contribution in [-0.4, -0.2) is 19.2 Å². The summed E-state index contributed by atoms with van der Waals surface area (Å²) >= 11 is 0. The minimum absolute atomic E-state index is 0.107. The lowest BCUT2D eigenvalue weighted by atomic mass is 10.0. The van der Waals surface area contributed by atoms with Crippen LogP contribution in [0.3, 0.4) is 0 Å². The Kier molecular flexibility index (Phi) is 2.53. The number of aryl methyl sites for hydroxylation is 1. The van der Waals surface area contributed by atoms with E-state index in [1.54, 1.807) is 37.3 Å². The van der Waals surface area contributed by atoms with Crippen LogP contribution in [0.15, 0.2) is 41.4 Å². The number of hydrogen-bond acceptors (Lipinski definition) is 4. The van der Waals surface area contributed by atoms with Gasteiger partial charge in [-0.2, -0.15) is 0 Å². The fraction of sp³-hybridized carbons (Fsp3) is 0.143. The molecule has 0 saturated carbocycles. The number of aromatic nitrogens is 1. The van der Waals surface area contributed by atoms with E-state index in [9.17, 15) is 13.2 Å². The van der Waals surface area contributed by atoms with Crippen molar-refractivity contribution in [1.29, 1.82) is 0 Å². The van der Waals surface area contributed by atoms with E-state index in [1.165, 1.54) is 6.20 Å². The number of carbonyl (C=O) groups excluding carboxylic acids is 1. The van der Waals surface area contributed by atoms with Crippen LogP contribution in [0.25, 0.3) is 0 Å². The normalized spacial score (nSPS) is 16.4. The van der Waals surface area contributed by atoms with Crippen molar-refractivity contribution < 1.29 is 13.2 Å². The predicted molar refractivity (Wildman–Crippen MR) is 69.7 cm³/mol. The Morgan fingerprint density at radius 3 is 2.74 bits per heavy atom. The number of nitrogens with zero attached hydrogens (tertiary/aromatic N) is 1. The molecule has 0 fully saturated rings. The number of fused-ring (bicyclic) bond motifs is 2. The number of carbonyl (C=O) groups is 1. The zero-order chi connectivity index (χ0) is 13.6. The Balaban J connectivity index is 2.38. The van der Waals surface area contributed by atoms with E-state index in [4.69, 9.17) is 0 Å². The third kappa shape index (κ3) is 1.86. The Morgan fingerprint density at radius 2 is 1.95 bits per heavy atom. The van der Waals surface area contributed by atoms with Crippen LogP contribution in [0, 0.1) is 6.92 Å². The van der Waals surface area contributed by atoms with Gasteiger partial charge in [0.05, 0.1) is 16.3 Å².